The van der Waals surface area contributed by atoms with Gasteiger partial charge in [0.25, 0.3) is 5.91 Å². The number of hydrogen-bond acceptors (Lipinski definition) is 5. The van der Waals surface area contributed by atoms with Crippen molar-refractivity contribution in [1.29, 1.82) is 0 Å². The van der Waals surface area contributed by atoms with Crippen molar-refractivity contribution >= 4 is 23.3 Å². The standard InChI is InChI=1S/C14H11N3O4/c18-13(17-21)9-3-1-5-11(7-9)15-16-12-6-2-4-10(8-12)14(19)20/h1-8,21H,(H,17,18)(H,19,20)/b16-15+. The number of carboxylic acids is 1. The predicted octanol–water partition coefficient (Wildman–Crippen LogP) is 2.92. The van der Waals surface area contributed by atoms with Crippen LogP contribution in [0.3, 0.4) is 0 Å². The maximum absolute atomic E-state index is 11.3. The lowest BCUT2D eigenvalue weighted by Gasteiger charge is -1.99. The van der Waals surface area contributed by atoms with E-state index in [9.17, 15) is 9.59 Å². The summed E-state index contributed by atoms with van der Waals surface area (Å²) in [6, 6.07) is 12.2. The number of azo groups is 1. The smallest absolute Gasteiger partial charge is 0.335 e. The molecule has 21 heavy (non-hydrogen) atoms. The topological polar surface area (TPSA) is 111 Å². The predicted molar refractivity (Wildman–Crippen MR) is 73.3 cm³/mol. The van der Waals surface area contributed by atoms with E-state index in [1.54, 1.807) is 24.3 Å². The fraction of sp³-hybridized carbons (Fsp3) is 0. The minimum absolute atomic E-state index is 0.111. The number of amides is 1. The van der Waals surface area contributed by atoms with Crippen molar-refractivity contribution in [2.45, 2.75) is 0 Å². The highest BCUT2D eigenvalue weighted by Crippen LogP contribution is 2.20. The van der Waals surface area contributed by atoms with Crippen LogP contribution in [-0.4, -0.2) is 22.2 Å². The Morgan fingerprint density at radius 3 is 1.95 bits per heavy atom. The maximum Gasteiger partial charge on any atom is 0.335 e. The number of benzene rings is 2. The van der Waals surface area contributed by atoms with Crippen LogP contribution in [-0.2, 0) is 0 Å². The molecule has 3 N–H and O–H groups in total. The Kier molecular flexibility index (Phi) is 4.37. The zero-order valence-corrected chi connectivity index (χ0v) is 10.7. The number of hydroxylamine groups is 1. The van der Waals surface area contributed by atoms with Gasteiger partial charge in [0.2, 0.25) is 0 Å². The molecule has 2 aromatic carbocycles. The monoisotopic (exact) mass is 285 g/mol. The van der Waals surface area contributed by atoms with E-state index in [1.165, 1.54) is 29.7 Å². The summed E-state index contributed by atoms with van der Waals surface area (Å²) in [6.07, 6.45) is 0. The number of hydrogen-bond donors (Lipinski definition) is 3. The molecular weight excluding hydrogens is 274 g/mol. The van der Waals surface area contributed by atoms with Crippen molar-refractivity contribution in [1.82, 2.24) is 5.48 Å². The summed E-state index contributed by atoms with van der Waals surface area (Å²) in [5.74, 6) is -1.70. The lowest BCUT2D eigenvalue weighted by molar-refractivity contribution is 0.0693. The number of aromatic carboxylic acids is 1. The van der Waals surface area contributed by atoms with Gasteiger partial charge in [0.15, 0.2) is 0 Å². The molecule has 0 heterocycles. The van der Waals surface area contributed by atoms with Crippen molar-refractivity contribution in [2.24, 2.45) is 10.2 Å². The molecular formula is C14H11N3O4. The molecule has 2 rings (SSSR count). The van der Waals surface area contributed by atoms with Gasteiger partial charge in [-0.2, -0.15) is 10.2 Å². The van der Waals surface area contributed by atoms with Crippen LogP contribution >= 0.6 is 0 Å². The Morgan fingerprint density at radius 2 is 1.43 bits per heavy atom. The molecule has 7 nitrogen and oxygen atoms in total. The van der Waals surface area contributed by atoms with Crippen LogP contribution in [0.4, 0.5) is 11.4 Å². The van der Waals surface area contributed by atoms with Gasteiger partial charge in [-0.1, -0.05) is 12.1 Å². The molecule has 7 heteroatoms. The van der Waals surface area contributed by atoms with E-state index < -0.39 is 11.9 Å². The van der Waals surface area contributed by atoms with E-state index in [0.29, 0.717) is 11.4 Å². The number of carbonyl (C=O) groups is 2. The van der Waals surface area contributed by atoms with E-state index in [4.69, 9.17) is 10.3 Å². The maximum atomic E-state index is 11.3. The van der Waals surface area contributed by atoms with Crippen LogP contribution in [0.25, 0.3) is 0 Å². The molecule has 0 saturated carbocycles. The summed E-state index contributed by atoms with van der Waals surface area (Å²) in [5, 5.41) is 25.3. The van der Waals surface area contributed by atoms with Crippen molar-refractivity contribution in [3.63, 3.8) is 0 Å². The van der Waals surface area contributed by atoms with Crippen molar-refractivity contribution < 1.29 is 19.9 Å². The normalized spacial score (nSPS) is 10.5. The van der Waals surface area contributed by atoms with Gasteiger partial charge in [-0.3, -0.25) is 10.0 Å². The highest BCUT2D eigenvalue weighted by atomic mass is 16.5. The number of rotatable bonds is 4. The lowest BCUT2D eigenvalue weighted by Crippen LogP contribution is -2.18. The van der Waals surface area contributed by atoms with Crippen LogP contribution in [0.5, 0.6) is 0 Å². The Hall–Kier alpha value is -3.06. The molecule has 2 aromatic rings. The van der Waals surface area contributed by atoms with Crippen LogP contribution in [0.2, 0.25) is 0 Å². The molecule has 0 spiro atoms. The molecule has 0 atom stereocenters. The zero-order valence-electron chi connectivity index (χ0n) is 10.7. The molecule has 1 amide bonds. The van der Waals surface area contributed by atoms with E-state index in [-0.39, 0.29) is 11.1 Å². The largest absolute Gasteiger partial charge is 0.478 e. The molecule has 0 saturated heterocycles. The van der Waals surface area contributed by atoms with Gasteiger partial charge in [-0.15, -0.1) is 0 Å². The van der Waals surface area contributed by atoms with Crippen molar-refractivity contribution in [3.05, 3.63) is 59.7 Å². The Morgan fingerprint density at radius 1 is 0.905 bits per heavy atom. The molecule has 0 unspecified atom stereocenters. The Bertz CT molecular complexity index is 713. The van der Waals surface area contributed by atoms with E-state index in [2.05, 4.69) is 10.2 Å². The van der Waals surface area contributed by atoms with Crippen molar-refractivity contribution in [3.8, 4) is 0 Å². The molecule has 0 aromatic heterocycles. The van der Waals surface area contributed by atoms with Gasteiger partial charge >= 0.3 is 5.97 Å². The fourth-order valence-electron chi connectivity index (χ4n) is 1.59. The third-order valence-corrected chi connectivity index (χ3v) is 2.58. The molecule has 0 aliphatic rings. The Balaban J connectivity index is 2.23. The van der Waals surface area contributed by atoms with E-state index in [1.807, 2.05) is 0 Å². The van der Waals surface area contributed by atoms with Gasteiger partial charge in [-0.25, -0.2) is 10.3 Å². The van der Waals surface area contributed by atoms with Gasteiger partial charge < -0.3 is 5.11 Å². The van der Waals surface area contributed by atoms with Gasteiger partial charge in [0, 0.05) is 5.56 Å². The second-order valence-electron chi connectivity index (χ2n) is 4.05. The summed E-state index contributed by atoms with van der Waals surface area (Å²) >= 11 is 0. The Labute approximate surface area is 119 Å². The molecule has 0 aliphatic heterocycles. The quantitative estimate of drug-likeness (QED) is 0.455. The number of carboxylic acid groups (broad SMARTS) is 1. The van der Waals surface area contributed by atoms with Gasteiger partial charge in [0.1, 0.15) is 0 Å². The first-order valence-electron chi connectivity index (χ1n) is 5.90. The number of nitrogens with zero attached hydrogens (tertiary/aromatic N) is 2. The van der Waals surface area contributed by atoms with Gasteiger partial charge in [-0.05, 0) is 36.4 Å². The van der Waals surface area contributed by atoms with E-state index in [0.717, 1.165) is 0 Å². The summed E-state index contributed by atoms with van der Waals surface area (Å²) in [5.41, 5.74) is 2.65. The third kappa shape index (κ3) is 3.71. The summed E-state index contributed by atoms with van der Waals surface area (Å²) < 4.78 is 0. The first kappa shape index (κ1) is 14.4. The van der Waals surface area contributed by atoms with Crippen molar-refractivity contribution in [2.75, 3.05) is 0 Å². The molecule has 0 bridgehead atoms. The highest BCUT2D eigenvalue weighted by molar-refractivity contribution is 5.94. The second kappa shape index (κ2) is 6.40. The fourth-order valence-corrected chi connectivity index (χ4v) is 1.59. The third-order valence-electron chi connectivity index (χ3n) is 2.58. The van der Waals surface area contributed by atoms with E-state index >= 15 is 0 Å². The average Bonchev–Trinajstić information content (AvgIpc) is 2.52. The van der Waals surface area contributed by atoms with Crippen LogP contribution in [0.15, 0.2) is 58.8 Å². The molecule has 0 fully saturated rings. The van der Waals surface area contributed by atoms with Crippen LogP contribution in [0.1, 0.15) is 20.7 Å². The van der Waals surface area contributed by atoms with Gasteiger partial charge in [0.05, 0.1) is 16.9 Å². The molecule has 0 radical (unpaired) electrons. The molecule has 0 aliphatic carbocycles. The first-order chi connectivity index (χ1) is 10.1. The second-order valence-corrected chi connectivity index (χ2v) is 4.05. The zero-order chi connectivity index (χ0) is 15.2. The lowest BCUT2D eigenvalue weighted by atomic mass is 10.2. The molecule has 106 valence electrons. The summed E-state index contributed by atoms with van der Waals surface area (Å²) in [6.45, 7) is 0. The summed E-state index contributed by atoms with van der Waals surface area (Å²) in [4.78, 5) is 22.1. The summed E-state index contributed by atoms with van der Waals surface area (Å²) in [7, 11) is 0. The average molecular weight is 285 g/mol. The van der Waals surface area contributed by atoms with Crippen LogP contribution < -0.4 is 5.48 Å². The highest BCUT2D eigenvalue weighted by Gasteiger charge is 2.05. The minimum Gasteiger partial charge on any atom is -0.478 e. The minimum atomic E-state index is -1.05. The number of nitrogens with one attached hydrogen (secondary N) is 1. The number of carbonyl (C=O) groups excluding carboxylic acids is 1. The SMILES string of the molecule is O=C(O)c1cccc(/N=N/c2cccc(C(=O)NO)c2)c1. The first-order valence-corrected chi connectivity index (χ1v) is 5.90. The van der Waals surface area contributed by atoms with Crippen LogP contribution in [0, 0.1) is 0 Å².